The lowest BCUT2D eigenvalue weighted by molar-refractivity contribution is -0.140. The number of benzene rings is 2. The van der Waals surface area contributed by atoms with Gasteiger partial charge in [-0.1, -0.05) is 52.6 Å². The van der Waals surface area contributed by atoms with E-state index >= 15 is 0 Å². The Balaban J connectivity index is 1.99. The summed E-state index contributed by atoms with van der Waals surface area (Å²) in [5, 5.41) is 0.450. The first-order chi connectivity index (χ1) is 19.0. The van der Waals surface area contributed by atoms with Crippen LogP contribution in [0.15, 0.2) is 57.5 Å². The summed E-state index contributed by atoms with van der Waals surface area (Å²) in [6.07, 6.45) is 1.64. The van der Waals surface area contributed by atoms with E-state index in [0.29, 0.717) is 21.9 Å². The number of thiazole rings is 1. The third-order valence-electron chi connectivity index (χ3n) is 5.63. The highest BCUT2D eigenvalue weighted by molar-refractivity contribution is 7.07. The normalized spacial score (nSPS) is 15.2. The summed E-state index contributed by atoms with van der Waals surface area (Å²) in [6.45, 7) is 1.21. The number of ether oxygens (including phenoxy) is 3. The maximum atomic E-state index is 14.2. The topological polar surface area (TPSA) is 79.1 Å². The molecule has 0 N–H and O–H groups in total. The highest BCUT2D eigenvalue weighted by Crippen LogP contribution is 2.39. The Kier molecular flexibility index (Phi) is 8.63. The van der Waals surface area contributed by atoms with Crippen molar-refractivity contribution in [3.63, 3.8) is 0 Å². The fraction of sp³-hybridized carbons (Fsp3) is 0.222. The average Bonchev–Trinajstić information content (AvgIpc) is 3.21. The fourth-order valence-corrected chi connectivity index (χ4v) is 5.43. The number of aromatic nitrogens is 1. The van der Waals surface area contributed by atoms with E-state index in [2.05, 4.69) is 10.9 Å². The van der Waals surface area contributed by atoms with Crippen molar-refractivity contribution in [2.24, 2.45) is 4.99 Å². The number of carbonyl (C=O) groups excluding carboxylic acids is 1. The van der Waals surface area contributed by atoms with Gasteiger partial charge in [0, 0.05) is 5.02 Å². The van der Waals surface area contributed by atoms with Crippen molar-refractivity contribution in [3.8, 4) is 23.8 Å². The van der Waals surface area contributed by atoms with E-state index in [1.54, 1.807) is 0 Å². The number of rotatable bonds is 7. The molecule has 40 heavy (non-hydrogen) atoms. The molecule has 0 aliphatic carbocycles. The molecule has 0 radical (unpaired) electrons. The second-order valence-corrected chi connectivity index (χ2v) is 9.99. The number of alkyl halides is 3. The van der Waals surface area contributed by atoms with Gasteiger partial charge in [0.1, 0.15) is 6.61 Å². The zero-order valence-electron chi connectivity index (χ0n) is 20.8. The van der Waals surface area contributed by atoms with Crippen LogP contribution in [0.5, 0.6) is 11.5 Å². The van der Waals surface area contributed by atoms with Gasteiger partial charge in [0.15, 0.2) is 22.0 Å². The van der Waals surface area contributed by atoms with Crippen LogP contribution in [0, 0.1) is 12.3 Å². The number of terminal acetylenes is 1. The number of hydrogen-bond donors (Lipinski definition) is 0. The zero-order valence-corrected chi connectivity index (χ0v) is 23.2. The van der Waals surface area contributed by atoms with Gasteiger partial charge in [-0.3, -0.25) is 9.36 Å². The third kappa shape index (κ3) is 5.75. The van der Waals surface area contributed by atoms with Crippen LogP contribution >= 0.6 is 34.5 Å². The quantitative estimate of drug-likeness (QED) is 0.287. The van der Waals surface area contributed by atoms with E-state index in [9.17, 15) is 22.8 Å². The van der Waals surface area contributed by atoms with Crippen LogP contribution in [-0.2, 0) is 9.53 Å². The lowest BCUT2D eigenvalue weighted by atomic mass is 9.95. The molecule has 4 rings (SSSR count). The second kappa shape index (κ2) is 11.8. The van der Waals surface area contributed by atoms with E-state index in [4.69, 9.17) is 43.8 Å². The molecule has 0 spiro atoms. The van der Waals surface area contributed by atoms with Gasteiger partial charge in [-0.05, 0) is 48.4 Å². The van der Waals surface area contributed by atoms with Crippen molar-refractivity contribution < 1.29 is 32.2 Å². The number of fused-ring (bicyclic) bond motifs is 1. The van der Waals surface area contributed by atoms with Crippen molar-refractivity contribution in [3.05, 3.63) is 88.5 Å². The molecule has 3 aromatic rings. The summed E-state index contributed by atoms with van der Waals surface area (Å²) < 4.78 is 59.4. The molecule has 1 aromatic heterocycles. The maximum Gasteiger partial charge on any atom is 0.434 e. The molecule has 1 atom stereocenters. The number of methoxy groups -OCH3 is 1. The first kappa shape index (κ1) is 29.3. The zero-order chi connectivity index (χ0) is 29.2. The minimum Gasteiger partial charge on any atom is -0.493 e. The van der Waals surface area contributed by atoms with E-state index in [1.807, 2.05) is 0 Å². The first-order valence-electron chi connectivity index (χ1n) is 11.5. The number of allylic oxidation sites excluding steroid dienone is 1. The smallest absolute Gasteiger partial charge is 0.434 e. The molecule has 208 valence electrons. The number of hydrogen-bond acceptors (Lipinski definition) is 7. The summed E-state index contributed by atoms with van der Waals surface area (Å²) in [6, 6.07) is 7.28. The van der Waals surface area contributed by atoms with Gasteiger partial charge in [-0.15, -0.1) is 6.42 Å². The molecule has 0 bridgehead atoms. The van der Waals surface area contributed by atoms with Gasteiger partial charge in [0.2, 0.25) is 0 Å². The maximum absolute atomic E-state index is 14.2. The van der Waals surface area contributed by atoms with Crippen LogP contribution in [0.3, 0.4) is 0 Å². The molecule has 0 fully saturated rings. The molecular formula is C27H19Cl2F3N2O5S. The molecule has 0 saturated carbocycles. The van der Waals surface area contributed by atoms with Crippen molar-refractivity contribution in [2.45, 2.75) is 19.1 Å². The molecule has 2 heterocycles. The lowest BCUT2D eigenvalue weighted by Crippen LogP contribution is -2.41. The van der Waals surface area contributed by atoms with Crippen molar-refractivity contribution in [1.82, 2.24) is 4.57 Å². The predicted molar refractivity (Wildman–Crippen MR) is 145 cm³/mol. The van der Waals surface area contributed by atoms with Crippen molar-refractivity contribution in [1.29, 1.82) is 0 Å². The van der Waals surface area contributed by atoms with Crippen LogP contribution < -0.4 is 24.4 Å². The Bertz CT molecular complexity index is 1720. The van der Waals surface area contributed by atoms with Crippen LogP contribution in [-0.4, -0.2) is 37.0 Å². The highest BCUT2D eigenvalue weighted by atomic mass is 35.5. The Morgan fingerprint density at radius 1 is 1.25 bits per heavy atom. The molecule has 13 heteroatoms. The largest absolute Gasteiger partial charge is 0.493 e. The van der Waals surface area contributed by atoms with E-state index in [-0.39, 0.29) is 44.6 Å². The highest BCUT2D eigenvalue weighted by Gasteiger charge is 2.45. The summed E-state index contributed by atoms with van der Waals surface area (Å²) in [5.41, 5.74) is -2.34. The van der Waals surface area contributed by atoms with Crippen molar-refractivity contribution >= 4 is 46.6 Å². The number of carbonyl (C=O) groups is 1. The minimum absolute atomic E-state index is 0.0276. The minimum atomic E-state index is -5.02. The standard InChI is InChI=1S/C27H19Cl2F3N2O5S/c1-4-10-39-22-17(29)11-14(12-18(22)37-3)13-19-24(35)34-21(15-6-8-16(28)9-7-15)20(25(36)38-5-2)23(27(30,31)32)33-26(34)40-19/h1,6-9,11-13,21H,5,10H2,2-3H3/b19-13-/t21-/m0/s1. The van der Waals surface area contributed by atoms with E-state index < -0.39 is 35.0 Å². The van der Waals surface area contributed by atoms with Gasteiger partial charge >= 0.3 is 12.1 Å². The molecule has 2 aromatic carbocycles. The number of esters is 1. The fourth-order valence-electron chi connectivity index (χ4n) is 4.03. The van der Waals surface area contributed by atoms with E-state index in [1.165, 1.54) is 56.5 Å². The molecule has 0 unspecified atom stereocenters. The van der Waals surface area contributed by atoms with Crippen LogP contribution in [0.25, 0.3) is 6.08 Å². The van der Waals surface area contributed by atoms with Crippen LogP contribution in [0.4, 0.5) is 13.2 Å². The molecule has 0 amide bonds. The van der Waals surface area contributed by atoms with Gasteiger partial charge in [-0.2, -0.15) is 13.2 Å². The summed E-state index contributed by atoms with van der Waals surface area (Å²) in [7, 11) is 1.38. The Hall–Kier alpha value is -3.72. The molecule has 7 nitrogen and oxygen atoms in total. The van der Waals surface area contributed by atoms with Gasteiger partial charge in [-0.25, -0.2) is 9.79 Å². The number of halogens is 5. The van der Waals surface area contributed by atoms with Crippen LogP contribution in [0.2, 0.25) is 10.0 Å². The van der Waals surface area contributed by atoms with Gasteiger partial charge in [0.25, 0.3) is 5.56 Å². The second-order valence-electron chi connectivity index (χ2n) is 8.14. The van der Waals surface area contributed by atoms with E-state index in [0.717, 1.165) is 4.57 Å². The van der Waals surface area contributed by atoms with Gasteiger partial charge < -0.3 is 14.2 Å². The summed E-state index contributed by atoms with van der Waals surface area (Å²) in [4.78, 5) is 30.0. The number of nitrogens with zero attached hydrogens (tertiary/aromatic N) is 2. The van der Waals surface area contributed by atoms with Crippen molar-refractivity contribution in [2.75, 3.05) is 20.3 Å². The first-order valence-corrected chi connectivity index (χ1v) is 13.1. The van der Waals surface area contributed by atoms with Gasteiger partial charge in [0.05, 0.1) is 34.9 Å². The summed E-state index contributed by atoms with van der Waals surface area (Å²) in [5.74, 6) is 1.49. The molecule has 0 saturated heterocycles. The summed E-state index contributed by atoms with van der Waals surface area (Å²) >= 11 is 13.0. The Labute approximate surface area is 239 Å². The Morgan fingerprint density at radius 3 is 2.55 bits per heavy atom. The average molecular weight is 611 g/mol. The predicted octanol–water partition coefficient (Wildman–Crippen LogP) is 4.67. The third-order valence-corrected chi connectivity index (χ3v) is 7.15. The monoisotopic (exact) mass is 610 g/mol. The van der Waals surface area contributed by atoms with Crippen LogP contribution in [0.1, 0.15) is 24.1 Å². The molecule has 1 aliphatic heterocycles. The molecular weight excluding hydrogens is 592 g/mol. The SMILES string of the molecule is C#CCOc1c(Cl)cc(/C=c2\sc3n(c2=O)[C@@H](c2ccc(Cl)cc2)C(C(=O)OCC)=C(C(F)(F)F)N=3)cc1OC. The molecule has 1 aliphatic rings. The Morgan fingerprint density at radius 2 is 1.95 bits per heavy atom. The lowest BCUT2D eigenvalue weighted by Gasteiger charge is -2.26.